The highest BCUT2D eigenvalue weighted by Gasteiger charge is 2.21. The molecule has 2 aliphatic rings. The largest absolute Gasteiger partial charge is 0.381 e. The van der Waals surface area contributed by atoms with Gasteiger partial charge in [-0.1, -0.05) is 30.3 Å². The maximum absolute atomic E-state index is 5.68. The summed E-state index contributed by atoms with van der Waals surface area (Å²) in [4.78, 5) is 6.91. The van der Waals surface area contributed by atoms with Crippen molar-refractivity contribution in [2.75, 3.05) is 39.9 Å². The van der Waals surface area contributed by atoms with Crippen molar-refractivity contribution in [1.82, 2.24) is 15.5 Å². The van der Waals surface area contributed by atoms with Gasteiger partial charge in [-0.25, -0.2) is 0 Å². The molecule has 0 radical (unpaired) electrons. The molecule has 1 heterocycles. The van der Waals surface area contributed by atoms with Crippen LogP contribution in [-0.2, 0) is 11.3 Å². The average Bonchev–Trinajstić information content (AvgIpc) is 3.50. The summed E-state index contributed by atoms with van der Waals surface area (Å²) < 4.78 is 5.68. The number of piperidine rings is 1. The first-order valence-electron chi connectivity index (χ1n) is 10.1. The molecule has 2 N–H and O–H groups in total. The molecule has 0 aromatic heterocycles. The Morgan fingerprint density at radius 3 is 2.56 bits per heavy atom. The quantitative estimate of drug-likeness (QED) is 0.244. The number of nitrogens with zero attached hydrogens (tertiary/aromatic N) is 2. The first-order chi connectivity index (χ1) is 12.8. The van der Waals surface area contributed by atoms with E-state index in [1.807, 2.05) is 7.05 Å². The number of rotatable bonds is 9. The van der Waals surface area contributed by atoms with Crippen molar-refractivity contribution >= 4 is 29.9 Å². The number of nitrogens with one attached hydrogen (secondary N) is 2. The Bertz CT molecular complexity index is 542. The van der Waals surface area contributed by atoms with Gasteiger partial charge in [-0.3, -0.25) is 9.89 Å². The lowest BCUT2D eigenvalue weighted by Crippen LogP contribution is -2.48. The molecule has 0 amide bonds. The van der Waals surface area contributed by atoms with Crippen LogP contribution in [0.25, 0.3) is 0 Å². The number of hydrogen-bond donors (Lipinski definition) is 2. The van der Waals surface area contributed by atoms with Gasteiger partial charge in [0.15, 0.2) is 5.96 Å². The maximum atomic E-state index is 5.68. The Labute approximate surface area is 181 Å². The van der Waals surface area contributed by atoms with Crippen LogP contribution < -0.4 is 10.6 Å². The van der Waals surface area contributed by atoms with Gasteiger partial charge >= 0.3 is 0 Å². The molecule has 1 aromatic carbocycles. The lowest BCUT2D eigenvalue weighted by Gasteiger charge is -2.33. The van der Waals surface area contributed by atoms with Crippen molar-refractivity contribution in [3.05, 3.63) is 35.9 Å². The zero-order valence-electron chi connectivity index (χ0n) is 16.5. The molecule has 1 saturated heterocycles. The molecular formula is C21H35IN4O. The third-order valence-corrected chi connectivity index (χ3v) is 5.21. The zero-order chi connectivity index (χ0) is 18.0. The minimum absolute atomic E-state index is 0. The molecule has 2 fully saturated rings. The number of halogens is 1. The standard InChI is InChI=1S/C21H34N4O.HI/c1-22-21(23-12-5-15-26-17-19-8-9-19)24-20-10-13-25(14-11-20)16-18-6-3-2-4-7-18;/h2-4,6-7,19-20H,5,8-17H2,1H3,(H2,22,23,24);1H. The highest BCUT2D eigenvalue weighted by Crippen LogP contribution is 2.28. The zero-order valence-corrected chi connectivity index (χ0v) is 18.9. The first-order valence-corrected chi connectivity index (χ1v) is 10.1. The summed E-state index contributed by atoms with van der Waals surface area (Å²) in [6.07, 6.45) is 6.08. The van der Waals surface area contributed by atoms with E-state index in [0.717, 1.165) is 70.5 Å². The normalized spacial score (nSPS) is 18.8. The van der Waals surface area contributed by atoms with Gasteiger partial charge in [0.05, 0.1) is 0 Å². The van der Waals surface area contributed by atoms with Crippen LogP contribution in [0.1, 0.15) is 37.7 Å². The highest BCUT2D eigenvalue weighted by atomic mass is 127. The van der Waals surface area contributed by atoms with E-state index in [1.54, 1.807) is 0 Å². The predicted molar refractivity (Wildman–Crippen MR) is 123 cm³/mol. The second-order valence-electron chi connectivity index (χ2n) is 7.55. The van der Waals surface area contributed by atoms with E-state index in [1.165, 1.54) is 18.4 Å². The van der Waals surface area contributed by atoms with Crippen molar-refractivity contribution in [2.45, 2.75) is 44.7 Å². The van der Waals surface area contributed by atoms with Crippen LogP contribution in [-0.4, -0.2) is 56.8 Å². The van der Waals surface area contributed by atoms with Crippen LogP contribution in [0.5, 0.6) is 0 Å². The summed E-state index contributed by atoms with van der Waals surface area (Å²) in [5.41, 5.74) is 1.40. The summed E-state index contributed by atoms with van der Waals surface area (Å²) in [5.74, 6) is 1.78. The van der Waals surface area contributed by atoms with Gasteiger partial charge in [-0.15, -0.1) is 24.0 Å². The molecule has 152 valence electrons. The molecule has 1 aliphatic heterocycles. The second kappa shape index (κ2) is 12.6. The number of guanidine groups is 1. The minimum Gasteiger partial charge on any atom is -0.381 e. The van der Waals surface area contributed by atoms with Gasteiger partial charge in [0.1, 0.15) is 0 Å². The molecule has 27 heavy (non-hydrogen) atoms. The summed E-state index contributed by atoms with van der Waals surface area (Å²) in [7, 11) is 1.85. The monoisotopic (exact) mass is 486 g/mol. The molecule has 3 rings (SSSR count). The number of aliphatic imine (C=N–C) groups is 1. The summed E-state index contributed by atoms with van der Waals surface area (Å²) in [6, 6.07) is 11.3. The minimum atomic E-state index is 0. The fraction of sp³-hybridized carbons (Fsp3) is 0.667. The molecule has 1 saturated carbocycles. The van der Waals surface area contributed by atoms with Gasteiger partial charge in [0.2, 0.25) is 0 Å². The molecule has 0 spiro atoms. The van der Waals surface area contributed by atoms with E-state index in [4.69, 9.17) is 4.74 Å². The SMILES string of the molecule is CN=C(NCCCOCC1CC1)NC1CCN(Cc2ccccc2)CC1.I. The van der Waals surface area contributed by atoms with Crippen molar-refractivity contribution in [3.8, 4) is 0 Å². The third kappa shape index (κ3) is 8.79. The van der Waals surface area contributed by atoms with Crippen molar-refractivity contribution < 1.29 is 4.74 Å². The first kappa shape index (κ1) is 22.4. The Kier molecular flexibility index (Phi) is 10.4. The lowest BCUT2D eigenvalue weighted by atomic mass is 10.0. The Morgan fingerprint density at radius 2 is 1.89 bits per heavy atom. The predicted octanol–water partition coefficient (Wildman–Crippen LogP) is 3.25. The Balaban J connectivity index is 0.00000261. The number of benzene rings is 1. The molecule has 0 bridgehead atoms. The lowest BCUT2D eigenvalue weighted by molar-refractivity contribution is 0.123. The topological polar surface area (TPSA) is 48.9 Å². The van der Waals surface area contributed by atoms with Gasteiger partial charge in [-0.2, -0.15) is 0 Å². The molecule has 5 nitrogen and oxygen atoms in total. The molecule has 0 atom stereocenters. The van der Waals surface area contributed by atoms with Gasteiger partial charge in [0.25, 0.3) is 0 Å². The van der Waals surface area contributed by atoms with Gasteiger partial charge < -0.3 is 15.4 Å². The molecule has 1 aromatic rings. The Hall–Kier alpha value is -0.860. The van der Waals surface area contributed by atoms with Crippen LogP contribution in [0.3, 0.4) is 0 Å². The van der Waals surface area contributed by atoms with Crippen molar-refractivity contribution in [3.63, 3.8) is 0 Å². The summed E-state index contributed by atoms with van der Waals surface area (Å²) in [5, 5.41) is 7.00. The smallest absolute Gasteiger partial charge is 0.191 e. The maximum Gasteiger partial charge on any atom is 0.191 e. The molecule has 1 aliphatic carbocycles. The number of likely N-dealkylation sites (tertiary alicyclic amines) is 1. The van der Waals surface area contributed by atoms with Gasteiger partial charge in [0, 0.05) is 52.5 Å². The summed E-state index contributed by atoms with van der Waals surface area (Å²) >= 11 is 0. The van der Waals surface area contributed by atoms with Crippen LogP contribution >= 0.6 is 24.0 Å². The van der Waals surface area contributed by atoms with E-state index < -0.39 is 0 Å². The highest BCUT2D eigenvalue weighted by molar-refractivity contribution is 14.0. The molecular weight excluding hydrogens is 451 g/mol. The van der Waals surface area contributed by atoms with Crippen LogP contribution in [0.15, 0.2) is 35.3 Å². The van der Waals surface area contributed by atoms with E-state index in [9.17, 15) is 0 Å². The van der Waals surface area contributed by atoms with E-state index in [2.05, 4.69) is 50.9 Å². The number of hydrogen-bond acceptors (Lipinski definition) is 3. The fourth-order valence-corrected chi connectivity index (χ4v) is 3.38. The molecule has 0 unspecified atom stereocenters. The second-order valence-corrected chi connectivity index (χ2v) is 7.55. The third-order valence-electron chi connectivity index (χ3n) is 5.21. The van der Waals surface area contributed by atoms with Crippen LogP contribution in [0, 0.1) is 5.92 Å². The van der Waals surface area contributed by atoms with Crippen LogP contribution in [0.4, 0.5) is 0 Å². The van der Waals surface area contributed by atoms with E-state index >= 15 is 0 Å². The fourth-order valence-electron chi connectivity index (χ4n) is 3.38. The average molecular weight is 486 g/mol. The summed E-state index contributed by atoms with van der Waals surface area (Å²) in [6.45, 7) is 6.04. The van der Waals surface area contributed by atoms with E-state index in [-0.39, 0.29) is 24.0 Å². The van der Waals surface area contributed by atoms with Crippen molar-refractivity contribution in [2.24, 2.45) is 10.9 Å². The van der Waals surface area contributed by atoms with Gasteiger partial charge in [-0.05, 0) is 43.6 Å². The van der Waals surface area contributed by atoms with Crippen LogP contribution in [0.2, 0.25) is 0 Å². The number of ether oxygens (including phenoxy) is 1. The molecule has 6 heteroatoms. The Morgan fingerprint density at radius 1 is 1.15 bits per heavy atom. The van der Waals surface area contributed by atoms with E-state index in [0.29, 0.717) is 6.04 Å². The van der Waals surface area contributed by atoms with Crippen molar-refractivity contribution in [1.29, 1.82) is 0 Å².